The summed E-state index contributed by atoms with van der Waals surface area (Å²) in [6, 6.07) is 22.2. The van der Waals surface area contributed by atoms with Crippen LogP contribution in [0, 0.1) is 13.8 Å². The van der Waals surface area contributed by atoms with Crippen molar-refractivity contribution < 1.29 is 19.1 Å². The number of aromatic amines is 1. The maximum Gasteiger partial charge on any atom is 0.256 e. The molecule has 1 unspecified atom stereocenters. The van der Waals surface area contributed by atoms with Crippen molar-refractivity contribution in [3.63, 3.8) is 0 Å². The van der Waals surface area contributed by atoms with E-state index in [1.54, 1.807) is 31.4 Å². The van der Waals surface area contributed by atoms with Crippen LogP contribution in [0.3, 0.4) is 0 Å². The van der Waals surface area contributed by atoms with Crippen molar-refractivity contribution >= 4 is 35.1 Å². The van der Waals surface area contributed by atoms with Gasteiger partial charge in [-0.25, -0.2) is 0 Å². The number of hydrogen-bond acceptors (Lipinski definition) is 5. The number of fused-ring (bicyclic) bond motifs is 1. The lowest BCUT2D eigenvalue weighted by molar-refractivity contribution is -0.110. The summed E-state index contributed by atoms with van der Waals surface area (Å²) < 4.78 is 5.19. The fourth-order valence-corrected chi connectivity index (χ4v) is 5.00. The molecule has 2 heterocycles. The molecule has 0 aliphatic carbocycles. The van der Waals surface area contributed by atoms with Gasteiger partial charge in [0.2, 0.25) is 0 Å². The SMILES string of the molecule is CN.COc1ccc(CNC(=O)c2c(C)[nH]c(/C=C3\C(=O)Nc4ccc(C(=O)NC(C)c5ccccc5)cc43)c2C)cc1. The van der Waals surface area contributed by atoms with Crippen LogP contribution >= 0.6 is 0 Å². The van der Waals surface area contributed by atoms with Crippen molar-refractivity contribution in [3.05, 3.63) is 118 Å². The second-order valence-corrected chi connectivity index (χ2v) is 10.1. The van der Waals surface area contributed by atoms with Crippen molar-refractivity contribution in [3.8, 4) is 5.75 Å². The summed E-state index contributed by atoms with van der Waals surface area (Å²) in [7, 11) is 3.11. The molecule has 0 spiro atoms. The lowest BCUT2D eigenvalue weighted by Gasteiger charge is -2.14. The summed E-state index contributed by atoms with van der Waals surface area (Å²) in [5, 5.41) is 8.86. The van der Waals surface area contributed by atoms with Gasteiger partial charge in [-0.2, -0.15) is 0 Å². The van der Waals surface area contributed by atoms with Crippen LogP contribution in [0.15, 0.2) is 72.8 Å². The summed E-state index contributed by atoms with van der Waals surface area (Å²) in [5.74, 6) is 0.0412. The highest BCUT2D eigenvalue weighted by atomic mass is 16.5. The van der Waals surface area contributed by atoms with E-state index in [1.807, 2.05) is 75.4 Å². The maximum atomic E-state index is 13.1. The maximum absolute atomic E-state index is 13.1. The normalized spacial score (nSPS) is 13.3. The Morgan fingerprint density at radius 1 is 0.977 bits per heavy atom. The minimum absolute atomic E-state index is 0.175. The summed E-state index contributed by atoms with van der Waals surface area (Å²) in [5.41, 5.74) is 11.2. The molecular weight excluding hydrogens is 542 g/mol. The molecule has 0 saturated heterocycles. The molecule has 0 saturated carbocycles. The van der Waals surface area contributed by atoms with Gasteiger partial charge in [-0.15, -0.1) is 0 Å². The van der Waals surface area contributed by atoms with Gasteiger partial charge < -0.3 is 31.4 Å². The zero-order valence-corrected chi connectivity index (χ0v) is 25.0. The van der Waals surface area contributed by atoms with Crippen molar-refractivity contribution in [2.45, 2.75) is 33.4 Å². The molecule has 9 nitrogen and oxygen atoms in total. The van der Waals surface area contributed by atoms with E-state index in [0.29, 0.717) is 45.9 Å². The molecule has 3 amide bonds. The highest BCUT2D eigenvalue weighted by Gasteiger charge is 2.27. The smallest absolute Gasteiger partial charge is 0.256 e. The number of benzene rings is 3. The second kappa shape index (κ2) is 13.7. The summed E-state index contributed by atoms with van der Waals surface area (Å²) in [4.78, 5) is 42.4. The lowest BCUT2D eigenvalue weighted by Crippen LogP contribution is -2.26. The zero-order chi connectivity index (χ0) is 31.1. The molecule has 0 bridgehead atoms. The zero-order valence-electron chi connectivity index (χ0n) is 25.0. The van der Waals surface area contributed by atoms with Crippen molar-refractivity contribution in [1.82, 2.24) is 15.6 Å². The van der Waals surface area contributed by atoms with E-state index >= 15 is 0 Å². The first-order valence-electron chi connectivity index (χ1n) is 14.0. The Bertz CT molecular complexity index is 1660. The number of aromatic nitrogens is 1. The fraction of sp³-hybridized carbons (Fsp3) is 0.206. The molecule has 1 aromatic heterocycles. The Morgan fingerprint density at radius 2 is 1.67 bits per heavy atom. The Kier molecular flexibility index (Phi) is 9.80. The van der Waals surface area contributed by atoms with Gasteiger partial charge in [0.1, 0.15) is 5.75 Å². The van der Waals surface area contributed by atoms with Gasteiger partial charge in [-0.1, -0.05) is 42.5 Å². The standard InChI is InChI=1S/C33H32N4O4.CH5N/c1-19-29(35-21(3)30(19)33(40)34-18-22-10-13-25(41-4)14-11-22)17-27-26-16-24(12-15-28(26)37-32(27)39)31(38)36-20(2)23-8-6-5-7-9-23;1-2/h5-17,20,35H,18H2,1-4H3,(H,34,40)(H,36,38)(H,37,39);2H2,1H3/b27-17-;. The van der Waals surface area contributed by atoms with Crippen LogP contribution in [0.2, 0.25) is 0 Å². The van der Waals surface area contributed by atoms with Crippen LogP contribution in [0.4, 0.5) is 5.69 Å². The lowest BCUT2D eigenvalue weighted by atomic mass is 10.0. The monoisotopic (exact) mass is 579 g/mol. The predicted octanol–water partition coefficient (Wildman–Crippen LogP) is 5.13. The molecule has 43 heavy (non-hydrogen) atoms. The Morgan fingerprint density at radius 3 is 2.35 bits per heavy atom. The van der Waals surface area contributed by atoms with Crippen LogP contribution in [-0.4, -0.2) is 36.9 Å². The number of ether oxygens (including phenoxy) is 1. The molecular formula is C34H37N5O4. The largest absolute Gasteiger partial charge is 0.497 e. The third-order valence-corrected chi connectivity index (χ3v) is 7.32. The van der Waals surface area contributed by atoms with Crippen LogP contribution in [-0.2, 0) is 11.3 Å². The molecule has 0 fully saturated rings. The van der Waals surface area contributed by atoms with Gasteiger partial charge in [0, 0.05) is 34.7 Å². The summed E-state index contributed by atoms with van der Waals surface area (Å²) >= 11 is 0. The third kappa shape index (κ3) is 6.85. The van der Waals surface area contributed by atoms with E-state index in [9.17, 15) is 14.4 Å². The Labute approximate surface area is 251 Å². The Balaban J connectivity index is 0.00000207. The quantitative estimate of drug-likeness (QED) is 0.184. The number of hydrogen-bond donors (Lipinski definition) is 5. The first-order valence-corrected chi connectivity index (χ1v) is 14.0. The first kappa shape index (κ1) is 30.8. The number of nitrogens with one attached hydrogen (secondary N) is 4. The summed E-state index contributed by atoms with van der Waals surface area (Å²) in [6.45, 7) is 5.97. The van der Waals surface area contributed by atoms with Gasteiger partial charge in [-0.3, -0.25) is 14.4 Å². The number of aryl methyl sites for hydroxylation is 1. The van der Waals surface area contributed by atoms with E-state index in [-0.39, 0.29) is 23.8 Å². The molecule has 5 rings (SSSR count). The van der Waals surface area contributed by atoms with Crippen molar-refractivity contribution in [2.24, 2.45) is 5.73 Å². The molecule has 1 atom stereocenters. The van der Waals surface area contributed by atoms with Crippen molar-refractivity contribution in [2.75, 3.05) is 19.5 Å². The van der Waals surface area contributed by atoms with Crippen LogP contribution in [0.5, 0.6) is 5.75 Å². The minimum Gasteiger partial charge on any atom is -0.497 e. The number of carbonyl (C=O) groups is 3. The van der Waals surface area contributed by atoms with E-state index in [0.717, 1.165) is 22.4 Å². The average molecular weight is 580 g/mol. The van der Waals surface area contributed by atoms with E-state index < -0.39 is 0 Å². The first-order chi connectivity index (χ1) is 20.7. The molecule has 9 heteroatoms. The number of amides is 3. The highest BCUT2D eigenvalue weighted by molar-refractivity contribution is 6.35. The number of rotatable bonds is 8. The van der Waals surface area contributed by atoms with Gasteiger partial charge in [0.25, 0.3) is 17.7 Å². The van der Waals surface area contributed by atoms with Gasteiger partial charge in [0.15, 0.2) is 0 Å². The van der Waals surface area contributed by atoms with Gasteiger partial charge in [0.05, 0.1) is 24.3 Å². The van der Waals surface area contributed by atoms with Crippen molar-refractivity contribution in [1.29, 1.82) is 0 Å². The molecule has 1 aliphatic rings. The highest BCUT2D eigenvalue weighted by Crippen LogP contribution is 2.35. The number of H-pyrrole nitrogens is 1. The number of carbonyl (C=O) groups excluding carboxylic acids is 3. The second-order valence-electron chi connectivity index (χ2n) is 10.1. The fourth-order valence-electron chi connectivity index (χ4n) is 5.00. The van der Waals surface area contributed by atoms with Gasteiger partial charge >= 0.3 is 0 Å². The van der Waals surface area contributed by atoms with Crippen LogP contribution < -0.4 is 26.4 Å². The third-order valence-electron chi connectivity index (χ3n) is 7.32. The topological polar surface area (TPSA) is 138 Å². The van der Waals surface area contributed by atoms with Crippen LogP contribution in [0.25, 0.3) is 11.6 Å². The number of nitrogens with two attached hydrogens (primary N) is 1. The van der Waals surface area contributed by atoms with Gasteiger partial charge in [-0.05, 0) is 80.9 Å². The van der Waals surface area contributed by atoms with E-state index in [2.05, 4.69) is 26.7 Å². The van der Waals surface area contributed by atoms with E-state index in [4.69, 9.17) is 4.74 Å². The molecule has 4 aromatic rings. The molecule has 222 valence electrons. The van der Waals surface area contributed by atoms with E-state index in [1.165, 1.54) is 7.05 Å². The molecule has 0 radical (unpaired) electrons. The van der Waals surface area contributed by atoms with Crippen LogP contribution in [0.1, 0.15) is 67.3 Å². The minimum atomic E-state index is -0.271. The predicted molar refractivity (Wildman–Crippen MR) is 170 cm³/mol. The Hall–Kier alpha value is -5.15. The molecule has 1 aliphatic heterocycles. The number of methoxy groups -OCH3 is 1. The summed E-state index contributed by atoms with van der Waals surface area (Å²) in [6.07, 6.45) is 1.73. The molecule has 6 N–H and O–H groups in total. The number of anilines is 1. The molecule has 3 aromatic carbocycles. The average Bonchev–Trinajstić information content (AvgIpc) is 3.50.